The lowest BCUT2D eigenvalue weighted by molar-refractivity contribution is 0.0945. The molecule has 1 aliphatic heterocycles. The van der Waals surface area contributed by atoms with Gasteiger partial charge in [-0.1, -0.05) is 57.2 Å². The number of likely N-dealkylation sites (tertiary alicyclic amines) is 1. The highest BCUT2D eigenvalue weighted by Crippen LogP contribution is 2.24. The summed E-state index contributed by atoms with van der Waals surface area (Å²) in [6.07, 6.45) is 13.9. The second-order valence-electron chi connectivity index (χ2n) is 9.19. The van der Waals surface area contributed by atoms with Gasteiger partial charge in [0.1, 0.15) is 0 Å². The highest BCUT2D eigenvalue weighted by atomic mass is 16.2. The maximum atomic E-state index is 12.9. The average molecular weight is 465 g/mol. The van der Waals surface area contributed by atoms with Crippen molar-refractivity contribution in [2.75, 3.05) is 32.7 Å². The van der Waals surface area contributed by atoms with Crippen molar-refractivity contribution in [1.82, 2.24) is 20.5 Å². The molecule has 1 aromatic heterocycles. The Balaban J connectivity index is 1.53. The normalized spacial score (nSPS) is 13.7. The minimum atomic E-state index is -0.124. The molecule has 2 aromatic rings. The zero-order valence-corrected chi connectivity index (χ0v) is 20.7. The van der Waals surface area contributed by atoms with Crippen LogP contribution in [0.25, 0.3) is 11.1 Å². The summed E-state index contributed by atoms with van der Waals surface area (Å²) in [5, 5.41) is 6.06. The molecule has 0 unspecified atom stereocenters. The third-order valence-electron chi connectivity index (χ3n) is 6.43. The van der Waals surface area contributed by atoms with Crippen molar-refractivity contribution in [2.24, 2.45) is 0 Å². The molecule has 0 saturated carbocycles. The molecule has 0 bridgehead atoms. The van der Waals surface area contributed by atoms with Gasteiger partial charge in [-0.15, -0.1) is 0 Å². The van der Waals surface area contributed by atoms with Crippen LogP contribution >= 0.6 is 0 Å². The summed E-state index contributed by atoms with van der Waals surface area (Å²) in [6, 6.07) is 9.34. The summed E-state index contributed by atoms with van der Waals surface area (Å²) < 4.78 is 0. The number of rotatable bonds is 14. The van der Waals surface area contributed by atoms with Gasteiger partial charge < -0.3 is 15.5 Å². The van der Waals surface area contributed by atoms with E-state index in [-0.39, 0.29) is 11.8 Å². The maximum absolute atomic E-state index is 12.9. The van der Waals surface area contributed by atoms with Crippen LogP contribution in [0.5, 0.6) is 0 Å². The lowest BCUT2D eigenvalue weighted by Gasteiger charge is -2.14. The minimum Gasteiger partial charge on any atom is -0.352 e. The third-order valence-corrected chi connectivity index (χ3v) is 6.43. The molecular weight excluding hydrogens is 424 g/mol. The molecule has 34 heavy (non-hydrogen) atoms. The molecule has 0 spiro atoms. The topological polar surface area (TPSA) is 74.3 Å². The number of nitrogens with zero attached hydrogens (tertiary/aromatic N) is 2. The van der Waals surface area contributed by atoms with Gasteiger partial charge in [-0.25, -0.2) is 0 Å². The van der Waals surface area contributed by atoms with Crippen LogP contribution in [0.4, 0.5) is 0 Å². The van der Waals surface area contributed by atoms with E-state index in [0.29, 0.717) is 24.2 Å². The predicted octanol–water partition coefficient (Wildman–Crippen LogP) is 5.05. The quantitative estimate of drug-likeness (QED) is 0.384. The average Bonchev–Trinajstić information content (AvgIpc) is 3.39. The Morgan fingerprint density at radius 2 is 1.59 bits per heavy atom. The van der Waals surface area contributed by atoms with E-state index >= 15 is 0 Å². The molecule has 2 heterocycles. The molecule has 6 heteroatoms. The highest BCUT2D eigenvalue weighted by Gasteiger charge is 2.15. The number of hydrogen-bond acceptors (Lipinski definition) is 4. The Labute approximate surface area is 204 Å². The van der Waals surface area contributed by atoms with Crippen molar-refractivity contribution in [3.63, 3.8) is 0 Å². The van der Waals surface area contributed by atoms with Crippen LogP contribution in [-0.4, -0.2) is 54.4 Å². The van der Waals surface area contributed by atoms with Crippen molar-refractivity contribution in [2.45, 2.75) is 64.7 Å². The van der Waals surface area contributed by atoms with Gasteiger partial charge in [0.05, 0.1) is 5.56 Å². The van der Waals surface area contributed by atoms with E-state index in [4.69, 9.17) is 0 Å². The van der Waals surface area contributed by atoms with Gasteiger partial charge >= 0.3 is 0 Å². The Morgan fingerprint density at radius 3 is 2.41 bits per heavy atom. The van der Waals surface area contributed by atoms with Gasteiger partial charge in [-0.05, 0) is 63.0 Å². The van der Waals surface area contributed by atoms with E-state index in [1.54, 1.807) is 12.4 Å². The molecular formula is C28H40N4O2. The van der Waals surface area contributed by atoms with Gasteiger partial charge in [-0.3, -0.25) is 14.6 Å². The summed E-state index contributed by atoms with van der Waals surface area (Å²) >= 11 is 0. The zero-order valence-electron chi connectivity index (χ0n) is 20.7. The molecule has 6 nitrogen and oxygen atoms in total. The molecule has 1 aliphatic rings. The van der Waals surface area contributed by atoms with Crippen LogP contribution < -0.4 is 10.6 Å². The molecule has 1 aromatic carbocycles. The molecule has 0 aliphatic carbocycles. The Bertz CT molecular complexity index is 909. The number of pyridine rings is 1. The molecule has 0 radical (unpaired) electrons. The number of carbonyl (C=O) groups is 2. The molecule has 1 fully saturated rings. The molecule has 3 rings (SSSR count). The Kier molecular flexibility index (Phi) is 11.0. The van der Waals surface area contributed by atoms with Gasteiger partial charge in [-0.2, -0.15) is 0 Å². The number of benzene rings is 1. The van der Waals surface area contributed by atoms with E-state index in [9.17, 15) is 9.59 Å². The van der Waals surface area contributed by atoms with E-state index in [1.165, 1.54) is 51.6 Å². The first kappa shape index (κ1) is 25.9. The highest BCUT2D eigenvalue weighted by molar-refractivity contribution is 6.01. The Hall–Kier alpha value is -2.73. The molecule has 2 amide bonds. The van der Waals surface area contributed by atoms with Crippen molar-refractivity contribution < 1.29 is 9.59 Å². The monoisotopic (exact) mass is 464 g/mol. The number of unbranched alkanes of at least 4 members (excludes halogenated alkanes) is 5. The molecule has 1 saturated heterocycles. The summed E-state index contributed by atoms with van der Waals surface area (Å²) in [4.78, 5) is 32.3. The van der Waals surface area contributed by atoms with Crippen molar-refractivity contribution >= 4 is 11.8 Å². The first-order chi connectivity index (χ1) is 16.7. The second kappa shape index (κ2) is 14.5. The van der Waals surface area contributed by atoms with E-state index in [2.05, 4.69) is 27.4 Å². The van der Waals surface area contributed by atoms with Gasteiger partial charge in [0.15, 0.2) is 0 Å². The fourth-order valence-electron chi connectivity index (χ4n) is 4.46. The zero-order chi connectivity index (χ0) is 24.0. The van der Waals surface area contributed by atoms with Crippen molar-refractivity contribution in [3.05, 3.63) is 53.9 Å². The van der Waals surface area contributed by atoms with Gasteiger partial charge in [0.2, 0.25) is 0 Å². The summed E-state index contributed by atoms with van der Waals surface area (Å²) in [5.74, 6) is -0.207. The predicted molar refractivity (Wildman–Crippen MR) is 138 cm³/mol. The fraction of sp³-hybridized carbons (Fsp3) is 0.536. The number of carbonyl (C=O) groups excluding carboxylic acids is 2. The molecule has 0 atom stereocenters. The first-order valence-electron chi connectivity index (χ1n) is 13.0. The van der Waals surface area contributed by atoms with Gasteiger partial charge in [0, 0.05) is 36.6 Å². The van der Waals surface area contributed by atoms with Crippen molar-refractivity contribution in [3.8, 4) is 11.1 Å². The largest absolute Gasteiger partial charge is 0.352 e. The minimum absolute atomic E-state index is 0.0825. The van der Waals surface area contributed by atoms with Crippen molar-refractivity contribution in [1.29, 1.82) is 0 Å². The third kappa shape index (κ3) is 8.24. The SMILES string of the molecule is CCCCCCCCNC(=O)c1ccccc1-c1cncc(C(=O)NCCCN2CCCC2)c1. The molecule has 184 valence electrons. The van der Waals surface area contributed by atoms with E-state index in [0.717, 1.165) is 36.9 Å². The lowest BCUT2D eigenvalue weighted by Crippen LogP contribution is -2.28. The van der Waals surface area contributed by atoms with Crippen LogP contribution in [0.1, 0.15) is 85.4 Å². The van der Waals surface area contributed by atoms with Crippen LogP contribution in [0.15, 0.2) is 42.7 Å². The van der Waals surface area contributed by atoms with Crippen LogP contribution in [0.2, 0.25) is 0 Å². The number of aromatic nitrogens is 1. The van der Waals surface area contributed by atoms with Gasteiger partial charge in [0.25, 0.3) is 11.8 Å². The summed E-state index contributed by atoms with van der Waals surface area (Å²) in [7, 11) is 0. The Morgan fingerprint density at radius 1 is 0.882 bits per heavy atom. The van der Waals surface area contributed by atoms with E-state index in [1.807, 2.05) is 30.3 Å². The standard InChI is InChI=1S/C28H40N4O2/c1-2-3-4-5-6-9-15-31-28(34)26-14-8-7-13-25(26)23-20-24(22-29-21-23)27(33)30-16-12-19-32-17-10-11-18-32/h7-8,13-14,20-22H,2-6,9-12,15-19H2,1H3,(H,30,33)(H,31,34). The summed E-state index contributed by atoms with van der Waals surface area (Å²) in [5.41, 5.74) is 2.69. The number of nitrogens with one attached hydrogen (secondary N) is 2. The smallest absolute Gasteiger partial charge is 0.252 e. The van der Waals surface area contributed by atoms with Crippen LogP contribution in [-0.2, 0) is 0 Å². The fourth-order valence-corrected chi connectivity index (χ4v) is 4.46. The lowest BCUT2D eigenvalue weighted by atomic mass is 9.99. The summed E-state index contributed by atoms with van der Waals surface area (Å²) in [6.45, 7) is 6.91. The second-order valence-corrected chi connectivity index (χ2v) is 9.19. The number of amides is 2. The van der Waals surface area contributed by atoms with Crippen LogP contribution in [0.3, 0.4) is 0 Å². The van der Waals surface area contributed by atoms with Crippen LogP contribution in [0, 0.1) is 0 Å². The molecule has 2 N–H and O–H groups in total. The van der Waals surface area contributed by atoms with E-state index < -0.39 is 0 Å². The number of hydrogen-bond donors (Lipinski definition) is 2. The maximum Gasteiger partial charge on any atom is 0.252 e. The first-order valence-corrected chi connectivity index (χ1v) is 13.0.